The number of epoxide rings is 1. The maximum atomic E-state index is 11.0. The van der Waals surface area contributed by atoms with E-state index in [0.29, 0.717) is 6.61 Å². The molecule has 0 aromatic carbocycles. The van der Waals surface area contributed by atoms with Gasteiger partial charge in [0.2, 0.25) is 0 Å². The summed E-state index contributed by atoms with van der Waals surface area (Å²) in [5.74, 6) is -0.263. The summed E-state index contributed by atoms with van der Waals surface area (Å²) in [4.78, 5) is 11.0. The van der Waals surface area contributed by atoms with Gasteiger partial charge in [0.1, 0.15) is 18.3 Å². The number of hydrogen-bond donors (Lipinski definition) is 0. The lowest BCUT2D eigenvalue weighted by molar-refractivity contribution is -0.141. The van der Waals surface area contributed by atoms with Gasteiger partial charge in [0, 0.05) is 19.4 Å². The zero-order chi connectivity index (χ0) is 16.8. The van der Waals surface area contributed by atoms with Crippen LogP contribution >= 0.6 is 0 Å². The second-order valence-electron chi connectivity index (χ2n) is 8.15. The number of esters is 1. The topological polar surface area (TPSA) is 48.1 Å². The van der Waals surface area contributed by atoms with Crippen molar-refractivity contribution in [2.75, 3.05) is 6.61 Å². The Bertz CT molecular complexity index is 466. The summed E-state index contributed by atoms with van der Waals surface area (Å²) in [6.45, 7) is 17.3. The van der Waals surface area contributed by atoms with Gasteiger partial charge in [0.25, 0.3) is 0 Å². The van der Waals surface area contributed by atoms with Gasteiger partial charge in [-0.15, -0.1) is 0 Å². The lowest BCUT2D eigenvalue weighted by Gasteiger charge is -2.41. The molecule has 0 aromatic heterocycles. The molecule has 1 spiro atoms. The molecule has 5 heteroatoms. The maximum absolute atomic E-state index is 11.0. The van der Waals surface area contributed by atoms with Crippen LogP contribution in [0.4, 0.5) is 0 Å². The van der Waals surface area contributed by atoms with Crippen LogP contribution in [0.1, 0.15) is 47.0 Å². The first-order valence-electron chi connectivity index (χ1n) is 8.15. The van der Waals surface area contributed by atoms with E-state index in [0.717, 1.165) is 24.8 Å². The molecule has 1 unspecified atom stereocenters. The average molecular weight is 327 g/mol. The summed E-state index contributed by atoms with van der Waals surface area (Å²) in [6, 6.07) is 0. The molecule has 3 atom stereocenters. The van der Waals surface area contributed by atoms with E-state index in [-0.39, 0.29) is 28.8 Å². The van der Waals surface area contributed by atoms with Gasteiger partial charge in [0.15, 0.2) is 8.32 Å². The average Bonchev–Trinajstić information content (AvgIpc) is 3.04. The second kappa shape index (κ2) is 5.76. The van der Waals surface area contributed by atoms with Crippen molar-refractivity contribution >= 4 is 14.3 Å². The molecule has 22 heavy (non-hydrogen) atoms. The molecule has 2 aliphatic rings. The zero-order valence-electron chi connectivity index (χ0n) is 14.8. The molecule has 4 nitrogen and oxygen atoms in total. The Labute approximate surface area is 135 Å². The number of carbonyl (C=O) groups is 1. The van der Waals surface area contributed by atoms with Crippen LogP contribution in [0.15, 0.2) is 12.2 Å². The Morgan fingerprint density at radius 2 is 2.09 bits per heavy atom. The van der Waals surface area contributed by atoms with E-state index in [4.69, 9.17) is 13.9 Å². The largest absolute Gasteiger partial charge is 0.463 e. The van der Waals surface area contributed by atoms with E-state index in [9.17, 15) is 4.79 Å². The molecule has 0 aromatic rings. The minimum absolute atomic E-state index is 0.0466. The third kappa shape index (κ3) is 3.47. The summed E-state index contributed by atoms with van der Waals surface area (Å²) in [7, 11) is -1.78. The van der Waals surface area contributed by atoms with Crippen LogP contribution in [-0.4, -0.2) is 38.7 Å². The van der Waals surface area contributed by atoms with Crippen LogP contribution in [0, 0.1) is 0 Å². The lowest BCUT2D eigenvalue weighted by atomic mass is 9.81. The number of rotatable bonds is 4. The van der Waals surface area contributed by atoms with Crippen LogP contribution in [0.2, 0.25) is 18.1 Å². The Morgan fingerprint density at radius 3 is 2.64 bits per heavy atom. The molecule has 0 bridgehead atoms. The summed E-state index contributed by atoms with van der Waals surface area (Å²) >= 11 is 0. The standard InChI is InChI=1S/C17H30O4Si/c1-12-8-9-14(21-22(6,7)16(3,4)5)10-17(12)15(20-17)11-19-13(2)18/h14-15H,1,8-11H2,2-7H3/t14?,15-,17-/m1/s1. The fourth-order valence-corrected chi connectivity index (χ4v) is 4.29. The first-order valence-corrected chi connectivity index (χ1v) is 11.1. The van der Waals surface area contributed by atoms with E-state index in [1.165, 1.54) is 6.92 Å². The number of carbonyl (C=O) groups excluding carboxylic acids is 1. The lowest BCUT2D eigenvalue weighted by Crippen LogP contribution is -2.46. The van der Waals surface area contributed by atoms with Crippen LogP contribution in [0.3, 0.4) is 0 Å². The Hall–Kier alpha value is -0.653. The highest BCUT2D eigenvalue weighted by Gasteiger charge is 2.61. The zero-order valence-corrected chi connectivity index (χ0v) is 15.8. The highest BCUT2D eigenvalue weighted by Crippen LogP contribution is 2.52. The van der Waals surface area contributed by atoms with Crippen LogP contribution < -0.4 is 0 Å². The highest BCUT2D eigenvalue weighted by atomic mass is 28.4. The first kappa shape index (κ1) is 17.7. The predicted molar refractivity (Wildman–Crippen MR) is 89.3 cm³/mol. The highest BCUT2D eigenvalue weighted by molar-refractivity contribution is 6.74. The molecule has 2 rings (SSSR count). The molecule has 126 valence electrons. The molecule has 1 heterocycles. The quantitative estimate of drug-likeness (QED) is 0.341. The van der Waals surface area contributed by atoms with Gasteiger partial charge in [0.05, 0.1) is 0 Å². The van der Waals surface area contributed by atoms with Crippen LogP contribution in [0.25, 0.3) is 0 Å². The number of ether oxygens (including phenoxy) is 2. The summed E-state index contributed by atoms with van der Waals surface area (Å²) < 4.78 is 17.5. The smallest absolute Gasteiger partial charge is 0.302 e. The van der Waals surface area contributed by atoms with Gasteiger partial charge in [-0.3, -0.25) is 4.79 Å². The normalized spacial score (nSPS) is 32.2. The van der Waals surface area contributed by atoms with Gasteiger partial charge >= 0.3 is 5.97 Å². The first-order chi connectivity index (χ1) is 9.98. The molecule has 0 N–H and O–H groups in total. The SMILES string of the molecule is C=C1CCC(O[Si](C)(C)C(C)(C)C)C[C@@]12O[C@@H]2COC(C)=O. The molecule has 0 amide bonds. The van der Waals surface area contributed by atoms with Crippen molar-refractivity contribution in [3.05, 3.63) is 12.2 Å². The fourth-order valence-electron chi connectivity index (χ4n) is 2.90. The molecular formula is C17H30O4Si. The van der Waals surface area contributed by atoms with Crippen molar-refractivity contribution in [1.29, 1.82) is 0 Å². The Morgan fingerprint density at radius 1 is 1.45 bits per heavy atom. The van der Waals surface area contributed by atoms with Crippen molar-refractivity contribution in [1.82, 2.24) is 0 Å². The predicted octanol–water partition coefficient (Wildman–Crippen LogP) is 3.82. The van der Waals surface area contributed by atoms with Gasteiger partial charge in [-0.1, -0.05) is 27.4 Å². The van der Waals surface area contributed by atoms with E-state index < -0.39 is 8.32 Å². The molecule has 0 radical (unpaired) electrons. The van der Waals surface area contributed by atoms with Crippen molar-refractivity contribution in [3.8, 4) is 0 Å². The molecule has 2 fully saturated rings. The van der Waals surface area contributed by atoms with Crippen LogP contribution in [-0.2, 0) is 18.7 Å². The van der Waals surface area contributed by atoms with Gasteiger partial charge in [-0.25, -0.2) is 0 Å². The summed E-state index contributed by atoms with van der Waals surface area (Å²) in [5, 5.41) is 0.205. The minimum atomic E-state index is -1.78. The van der Waals surface area contributed by atoms with Crippen molar-refractivity contribution in [2.24, 2.45) is 0 Å². The third-order valence-corrected chi connectivity index (χ3v) is 9.95. The Balaban J connectivity index is 1.98. The Kier molecular flexibility index (Phi) is 4.64. The summed E-state index contributed by atoms with van der Waals surface area (Å²) in [6.07, 6.45) is 2.94. The number of hydrogen-bond acceptors (Lipinski definition) is 4. The molecule has 1 aliphatic heterocycles. The monoisotopic (exact) mass is 326 g/mol. The van der Waals surface area contributed by atoms with E-state index in [1.54, 1.807) is 0 Å². The third-order valence-electron chi connectivity index (χ3n) is 5.42. The van der Waals surface area contributed by atoms with Crippen molar-refractivity contribution < 1.29 is 18.7 Å². The molecule has 1 aliphatic carbocycles. The van der Waals surface area contributed by atoms with Gasteiger partial charge in [-0.05, 0) is 36.5 Å². The van der Waals surface area contributed by atoms with E-state index >= 15 is 0 Å². The van der Waals surface area contributed by atoms with E-state index in [1.807, 2.05) is 0 Å². The van der Waals surface area contributed by atoms with Gasteiger partial charge < -0.3 is 13.9 Å². The minimum Gasteiger partial charge on any atom is -0.463 e. The maximum Gasteiger partial charge on any atom is 0.302 e. The fraction of sp³-hybridized carbons (Fsp3) is 0.824. The molecular weight excluding hydrogens is 296 g/mol. The molecule has 1 saturated heterocycles. The van der Waals surface area contributed by atoms with E-state index in [2.05, 4.69) is 40.4 Å². The second-order valence-corrected chi connectivity index (χ2v) is 12.9. The molecule has 1 saturated carbocycles. The van der Waals surface area contributed by atoms with Crippen molar-refractivity contribution in [2.45, 2.75) is 82.9 Å². The summed E-state index contributed by atoms with van der Waals surface area (Å²) in [5.41, 5.74) is 0.806. The van der Waals surface area contributed by atoms with Crippen LogP contribution in [0.5, 0.6) is 0 Å². The van der Waals surface area contributed by atoms with Gasteiger partial charge in [-0.2, -0.15) is 0 Å². The van der Waals surface area contributed by atoms with Crippen molar-refractivity contribution in [3.63, 3.8) is 0 Å².